The van der Waals surface area contributed by atoms with Crippen molar-refractivity contribution in [2.45, 2.75) is 24.9 Å². The molecule has 1 aromatic carbocycles. The third kappa shape index (κ3) is 2.01. The average molecular weight is 313 g/mol. The Kier molecular flexibility index (Phi) is 2.90. The van der Waals surface area contributed by atoms with Crippen LogP contribution in [-0.2, 0) is 17.4 Å². The van der Waals surface area contributed by atoms with Crippen molar-refractivity contribution in [3.8, 4) is 0 Å². The van der Waals surface area contributed by atoms with Crippen molar-refractivity contribution in [2.24, 2.45) is 24.6 Å². The minimum atomic E-state index is -0.543. The van der Waals surface area contributed by atoms with E-state index in [0.717, 1.165) is 29.7 Å². The summed E-state index contributed by atoms with van der Waals surface area (Å²) >= 11 is 0. The van der Waals surface area contributed by atoms with Crippen LogP contribution >= 0.6 is 0 Å². The van der Waals surface area contributed by atoms with E-state index >= 15 is 0 Å². The molecule has 4 rings (SSSR count). The van der Waals surface area contributed by atoms with Crippen LogP contribution in [0.2, 0.25) is 0 Å². The van der Waals surface area contributed by atoms with Crippen LogP contribution in [0, 0.1) is 11.8 Å². The molecule has 4 N–H and O–H groups in total. The number of fused-ring (bicyclic) bond motifs is 2. The molecular formula is C17H23N5O. The number of piperidine rings is 1. The molecule has 1 amide bonds. The van der Waals surface area contributed by atoms with Gasteiger partial charge in [0.15, 0.2) is 0 Å². The number of nitrogens with zero attached hydrogens (tertiary/aromatic N) is 2. The van der Waals surface area contributed by atoms with E-state index in [1.165, 1.54) is 0 Å². The van der Waals surface area contributed by atoms with Crippen LogP contribution in [0.1, 0.15) is 19.5 Å². The summed E-state index contributed by atoms with van der Waals surface area (Å²) in [5.41, 5.74) is 7.36. The zero-order chi connectivity index (χ0) is 16.4. The predicted octanol–water partition coefficient (Wildman–Crippen LogP) is 0.471. The lowest BCUT2D eigenvalue weighted by Crippen LogP contribution is -2.46. The molecular weight excluding hydrogens is 290 g/mol. The zero-order valence-corrected chi connectivity index (χ0v) is 13.8. The molecule has 23 heavy (non-hydrogen) atoms. The standard InChI is InChI=1S/C17H23N5O/c1-16(2,14-10-6-4-5-7-12(10)22(3)21-14)20-15(23)13-11-8-19-9-17(11,13)18/h4-7,11,13,19H,8-9,18H2,1-3H3,(H,20,23). The van der Waals surface area contributed by atoms with E-state index in [1.807, 2.05) is 49.8 Å². The third-order valence-electron chi connectivity index (χ3n) is 5.43. The van der Waals surface area contributed by atoms with Gasteiger partial charge in [-0.05, 0) is 19.9 Å². The van der Waals surface area contributed by atoms with Crippen LogP contribution in [0.5, 0.6) is 0 Å². The first-order valence-electron chi connectivity index (χ1n) is 8.08. The van der Waals surface area contributed by atoms with Crippen LogP contribution in [0.4, 0.5) is 0 Å². The van der Waals surface area contributed by atoms with E-state index in [9.17, 15) is 4.79 Å². The van der Waals surface area contributed by atoms with Crippen LogP contribution in [0.25, 0.3) is 10.9 Å². The average Bonchev–Trinajstić information content (AvgIpc) is 2.79. The van der Waals surface area contributed by atoms with E-state index < -0.39 is 5.54 Å². The first-order chi connectivity index (χ1) is 10.8. The molecule has 1 aliphatic carbocycles. The molecule has 1 aliphatic heterocycles. The summed E-state index contributed by atoms with van der Waals surface area (Å²) in [5, 5.41) is 12.1. The highest BCUT2D eigenvalue weighted by atomic mass is 16.2. The van der Waals surface area contributed by atoms with Gasteiger partial charge >= 0.3 is 0 Å². The van der Waals surface area contributed by atoms with Crippen LogP contribution in [0.3, 0.4) is 0 Å². The summed E-state index contributed by atoms with van der Waals surface area (Å²) in [6, 6.07) is 8.08. The second-order valence-electron chi connectivity index (χ2n) is 7.43. The van der Waals surface area contributed by atoms with Crippen LogP contribution < -0.4 is 16.4 Å². The molecule has 1 aromatic heterocycles. The van der Waals surface area contributed by atoms with E-state index in [-0.39, 0.29) is 23.3 Å². The number of aryl methyl sites for hydroxylation is 1. The summed E-state index contributed by atoms with van der Waals surface area (Å²) in [6.07, 6.45) is 0. The summed E-state index contributed by atoms with van der Waals surface area (Å²) in [4.78, 5) is 12.7. The molecule has 1 saturated carbocycles. The Morgan fingerprint density at radius 1 is 1.48 bits per heavy atom. The number of amides is 1. The first-order valence-corrected chi connectivity index (χ1v) is 8.08. The summed E-state index contributed by atoms with van der Waals surface area (Å²) < 4.78 is 1.86. The molecule has 3 atom stereocenters. The molecule has 3 unspecified atom stereocenters. The molecule has 0 spiro atoms. The maximum Gasteiger partial charge on any atom is 0.226 e. The van der Waals surface area contributed by atoms with E-state index in [4.69, 9.17) is 5.73 Å². The van der Waals surface area contributed by atoms with E-state index in [0.29, 0.717) is 0 Å². The second kappa shape index (κ2) is 4.55. The summed E-state index contributed by atoms with van der Waals surface area (Å²) in [6.45, 7) is 5.56. The van der Waals surface area contributed by atoms with E-state index in [2.05, 4.69) is 15.7 Å². The third-order valence-corrected chi connectivity index (χ3v) is 5.43. The van der Waals surface area contributed by atoms with Gasteiger partial charge in [-0.15, -0.1) is 0 Å². The van der Waals surface area contributed by atoms with Crippen molar-refractivity contribution in [2.75, 3.05) is 13.1 Å². The number of para-hydroxylation sites is 1. The highest BCUT2D eigenvalue weighted by Gasteiger charge is 2.68. The number of carbonyl (C=O) groups excluding carboxylic acids is 1. The zero-order valence-electron chi connectivity index (χ0n) is 13.8. The van der Waals surface area contributed by atoms with Crippen molar-refractivity contribution in [3.63, 3.8) is 0 Å². The highest BCUT2D eigenvalue weighted by Crippen LogP contribution is 2.51. The number of hydrogen-bond acceptors (Lipinski definition) is 4. The molecule has 6 heteroatoms. The fourth-order valence-electron chi connectivity index (χ4n) is 4.08. The Bertz CT molecular complexity index is 795. The number of benzene rings is 1. The summed E-state index contributed by atoms with van der Waals surface area (Å²) in [5.74, 6) is 0.218. The fourth-order valence-corrected chi connectivity index (χ4v) is 4.08. The van der Waals surface area contributed by atoms with Gasteiger partial charge in [-0.3, -0.25) is 9.48 Å². The van der Waals surface area contributed by atoms with Crippen molar-refractivity contribution >= 4 is 16.8 Å². The van der Waals surface area contributed by atoms with Crippen molar-refractivity contribution < 1.29 is 4.79 Å². The fraction of sp³-hybridized carbons (Fsp3) is 0.529. The number of nitrogens with one attached hydrogen (secondary N) is 2. The minimum absolute atomic E-state index is 0.0405. The Labute approximate surface area is 135 Å². The molecule has 1 saturated heterocycles. The van der Waals surface area contributed by atoms with Crippen molar-refractivity contribution in [3.05, 3.63) is 30.0 Å². The quantitative estimate of drug-likeness (QED) is 0.769. The molecule has 2 aromatic rings. The topological polar surface area (TPSA) is 85.0 Å². The molecule has 2 fully saturated rings. The second-order valence-corrected chi connectivity index (χ2v) is 7.43. The van der Waals surface area contributed by atoms with E-state index in [1.54, 1.807) is 0 Å². The van der Waals surface area contributed by atoms with Gasteiger partial charge in [-0.1, -0.05) is 18.2 Å². The van der Waals surface area contributed by atoms with Gasteiger partial charge in [0.25, 0.3) is 0 Å². The number of aromatic nitrogens is 2. The lowest BCUT2D eigenvalue weighted by atomic mass is 9.96. The largest absolute Gasteiger partial charge is 0.345 e. The molecule has 0 radical (unpaired) electrons. The maximum absolute atomic E-state index is 12.7. The highest BCUT2D eigenvalue weighted by molar-refractivity contribution is 5.87. The monoisotopic (exact) mass is 313 g/mol. The van der Waals surface area contributed by atoms with Crippen molar-refractivity contribution in [1.29, 1.82) is 0 Å². The first kappa shape index (κ1) is 14.7. The van der Waals surface area contributed by atoms with Gasteiger partial charge < -0.3 is 16.4 Å². The number of rotatable bonds is 3. The number of carbonyl (C=O) groups is 1. The number of hydrogen-bond donors (Lipinski definition) is 3. The van der Waals surface area contributed by atoms with Gasteiger partial charge in [0, 0.05) is 37.0 Å². The molecule has 0 bridgehead atoms. The Hall–Kier alpha value is -1.92. The molecule has 2 heterocycles. The summed E-state index contributed by atoms with van der Waals surface area (Å²) in [7, 11) is 1.93. The maximum atomic E-state index is 12.7. The SMILES string of the molecule is Cn1nc(C(C)(C)NC(=O)C2C3CNCC32N)c2ccccc21. The lowest BCUT2D eigenvalue weighted by Gasteiger charge is -2.26. The van der Waals surface area contributed by atoms with Gasteiger partial charge in [0.1, 0.15) is 0 Å². The molecule has 122 valence electrons. The number of nitrogens with two attached hydrogens (primary N) is 1. The minimum Gasteiger partial charge on any atom is -0.345 e. The van der Waals surface area contributed by atoms with Crippen LogP contribution in [-0.4, -0.2) is 34.3 Å². The molecule has 2 aliphatic rings. The predicted molar refractivity (Wildman–Crippen MR) is 88.7 cm³/mol. The lowest BCUT2D eigenvalue weighted by molar-refractivity contribution is -0.124. The van der Waals surface area contributed by atoms with Crippen LogP contribution in [0.15, 0.2) is 24.3 Å². The van der Waals surface area contributed by atoms with Gasteiger partial charge in [-0.25, -0.2) is 0 Å². The smallest absolute Gasteiger partial charge is 0.226 e. The van der Waals surface area contributed by atoms with Crippen molar-refractivity contribution in [1.82, 2.24) is 20.4 Å². The van der Waals surface area contributed by atoms with Gasteiger partial charge in [-0.2, -0.15) is 5.10 Å². The Balaban J connectivity index is 1.61. The van der Waals surface area contributed by atoms with Gasteiger partial charge in [0.05, 0.1) is 22.7 Å². The Morgan fingerprint density at radius 2 is 2.22 bits per heavy atom. The molecule has 6 nitrogen and oxygen atoms in total. The van der Waals surface area contributed by atoms with Gasteiger partial charge in [0.2, 0.25) is 5.91 Å². The Morgan fingerprint density at radius 3 is 2.91 bits per heavy atom. The normalized spacial score (nSPS) is 29.6.